The number of anilines is 2. The van der Waals surface area contributed by atoms with Crippen molar-refractivity contribution in [2.24, 2.45) is 0 Å². The van der Waals surface area contributed by atoms with Crippen LogP contribution in [0.5, 0.6) is 0 Å². The van der Waals surface area contributed by atoms with Crippen molar-refractivity contribution in [3.8, 4) is 0 Å². The summed E-state index contributed by atoms with van der Waals surface area (Å²) in [6.45, 7) is 4.89. The Labute approximate surface area is 221 Å². The average Bonchev–Trinajstić information content (AvgIpc) is 2.92. The Kier molecular flexibility index (Phi) is 7.37. The Bertz CT molecular complexity index is 1410. The van der Waals surface area contributed by atoms with E-state index < -0.39 is 0 Å². The highest BCUT2D eigenvalue weighted by Crippen LogP contribution is 2.24. The van der Waals surface area contributed by atoms with E-state index in [9.17, 15) is 9.59 Å². The largest absolute Gasteiger partial charge is 0.368 e. The second kappa shape index (κ2) is 11.0. The number of amides is 2. The van der Waals surface area contributed by atoms with Crippen LogP contribution in [-0.2, 0) is 4.79 Å². The van der Waals surface area contributed by atoms with Gasteiger partial charge in [0.15, 0.2) is 0 Å². The van der Waals surface area contributed by atoms with Crippen LogP contribution in [0.2, 0.25) is 5.02 Å². The summed E-state index contributed by atoms with van der Waals surface area (Å²) in [6.07, 6.45) is 3.90. The third-order valence-electron chi connectivity index (χ3n) is 6.88. The molecule has 7 heteroatoms. The molecule has 37 heavy (non-hydrogen) atoms. The number of rotatable bonds is 6. The standard InChI is InChI=1S/C30H29ClN4O2/c1-21(17-29(36)33-27-10-9-25-20-32-12-11-24(25)18-27)22-5-7-23(8-6-22)30(37)35-15-13-34(14-16-35)28-4-2-3-26(31)19-28/h2-12,18-21H,13-17H2,1H3,(H,33,36)/t21-/m0/s1. The van der Waals surface area contributed by atoms with Gasteiger partial charge in [-0.25, -0.2) is 0 Å². The van der Waals surface area contributed by atoms with E-state index in [-0.39, 0.29) is 17.7 Å². The number of hydrogen-bond donors (Lipinski definition) is 1. The number of piperazine rings is 1. The van der Waals surface area contributed by atoms with Gasteiger partial charge in [0.25, 0.3) is 5.91 Å². The van der Waals surface area contributed by atoms with Crippen molar-refractivity contribution in [2.75, 3.05) is 36.4 Å². The third-order valence-corrected chi connectivity index (χ3v) is 7.12. The number of hydrogen-bond acceptors (Lipinski definition) is 4. The zero-order chi connectivity index (χ0) is 25.8. The van der Waals surface area contributed by atoms with E-state index in [4.69, 9.17) is 11.6 Å². The van der Waals surface area contributed by atoms with Crippen LogP contribution in [-0.4, -0.2) is 47.9 Å². The molecule has 188 valence electrons. The normalized spacial score (nSPS) is 14.4. The first-order chi connectivity index (χ1) is 18.0. The zero-order valence-corrected chi connectivity index (χ0v) is 21.5. The first-order valence-corrected chi connectivity index (χ1v) is 12.9. The van der Waals surface area contributed by atoms with Crippen LogP contribution in [0.25, 0.3) is 10.8 Å². The molecule has 1 aliphatic heterocycles. The molecule has 0 saturated carbocycles. The first kappa shape index (κ1) is 24.8. The predicted molar refractivity (Wildman–Crippen MR) is 149 cm³/mol. The van der Waals surface area contributed by atoms with Gasteiger partial charge in [-0.2, -0.15) is 0 Å². The van der Waals surface area contributed by atoms with E-state index in [2.05, 4.69) is 15.2 Å². The maximum atomic E-state index is 13.1. The molecule has 3 aromatic carbocycles. The fourth-order valence-corrected chi connectivity index (χ4v) is 4.93. The van der Waals surface area contributed by atoms with E-state index in [1.165, 1.54) is 0 Å². The van der Waals surface area contributed by atoms with Crippen molar-refractivity contribution >= 4 is 45.6 Å². The summed E-state index contributed by atoms with van der Waals surface area (Å²) in [5, 5.41) is 5.78. The fourth-order valence-electron chi connectivity index (χ4n) is 4.75. The van der Waals surface area contributed by atoms with Crippen molar-refractivity contribution in [2.45, 2.75) is 19.3 Å². The lowest BCUT2D eigenvalue weighted by atomic mass is 9.96. The van der Waals surface area contributed by atoms with Gasteiger partial charge in [-0.3, -0.25) is 14.6 Å². The van der Waals surface area contributed by atoms with Gasteiger partial charge in [0.05, 0.1) is 0 Å². The molecule has 1 aromatic heterocycles. The molecule has 1 aliphatic rings. The third kappa shape index (κ3) is 5.92. The maximum Gasteiger partial charge on any atom is 0.253 e. The molecule has 2 amide bonds. The van der Waals surface area contributed by atoms with Gasteiger partial charge in [-0.1, -0.05) is 42.8 Å². The molecule has 2 heterocycles. The summed E-state index contributed by atoms with van der Waals surface area (Å²) >= 11 is 6.13. The first-order valence-electron chi connectivity index (χ1n) is 12.5. The minimum Gasteiger partial charge on any atom is -0.368 e. The van der Waals surface area contributed by atoms with E-state index >= 15 is 0 Å². The van der Waals surface area contributed by atoms with Gasteiger partial charge >= 0.3 is 0 Å². The maximum absolute atomic E-state index is 13.1. The van der Waals surface area contributed by atoms with Crippen LogP contribution in [0.1, 0.15) is 35.2 Å². The molecule has 6 nitrogen and oxygen atoms in total. The molecule has 1 N–H and O–H groups in total. The summed E-state index contributed by atoms with van der Waals surface area (Å²) in [7, 11) is 0. The molecule has 0 bridgehead atoms. The van der Waals surface area contributed by atoms with Gasteiger partial charge in [0, 0.05) is 72.3 Å². The lowest BCUT2D eigenvalue weighted by Crippen LogP contribution is -2.48. The molecular formula is C30H29ClN4O2. The fraction of sp³-hybridized carbons (Fsp3) is 0.233. The van der Waals surface area contributed by atoms with E-state index in [0.717, 1.165) is 40.8 Å². The highest BCUT2D eigenvalue weighted by molar-refractivity contribution is 6.30. The Balaban J connectivity index is 1.14. The number of benzene rings is 3. The number of pyridine rings is 1. The van der Waals surface area contributed by atoms with E-state index in [1.807, 2.05) is 84.6 Å². The van der Waals surface area contributed by atoms with Crippen molar-refractivity contribution in [1.29, 1.82) is 0 Å². The van der Waals surface area contributed by atoms with Crippen LogP contribution < -0.4 is 10.2 Å². The average molecular weight is 513 g/mol. The highest BCUT2D eigenvalue weighted by atomic mass is 35.5. The number of carbonyl (C=O) groups excluding carboxylic acids is 2. The smallest absolute Gasteiger partial charge is 0.253 e. The molecule has 0 aliphatic carbocycles. The van der Waals surface area contributed by atoms with Crippen LogP contribution in [0.3, 0.4) is 0 Å². The van der Waals surface area contributed by atoms with Gasteiger partial charge in [-0.05, 0) is 65.4 Å². The van der Waals surface area contributed by atoms with Crippen molar-refractivity contribution < 1.29 is 9.59 Å². The van der Waals surface area contributed by atoms with Gasteiger partial charge in [-0.15, -0.1) is 0 Å². The molecule has 4 aromatic rings. The number of nitrogens with one attached hydrogen (secondary N) is 1. The SMILES string of the molecule is C[C@@H](CC(=O)Nc1ccc2cnccc2c1)c1ccc(C(=O)N2CCN(c3cccc(Cl)c3)CC2)cc1. The summed E-state index contributed by atoms with van der Waals surface area (Å²) in [4.78, 5) is 34.0. The Morgan fingerprint density at radius 1 is 0.946 bits per heavy atom. The van der Waals surface area contributed by atoms with Gasteiger partial charge < -0.3 is 15.1 Å². The zero-order valence-electron chi connectivity index (χ0n) is 20.7. The molecule has 0 unspecified atom stereocenters. The van der Waals surface area contributed by atoms with E-state index in [0.29, 0.717) is 30.1 Å². The molecule has 0 spiro atoms. The number of nitrogens with zero attached hydrogens (tertiary/aromatic N) is 3. The van der Waals surface area contributed by atoms with Crippen LogP contribution in [0.4, 0.5) is 11.4 Å². The van der Waals surface area contributed by atoms with Crippen LogP contribution >= 0.6 is 11.6 Å². The highest BCUT2D eigenvalue weighted by Gasteiger charge is 2.23. The lowest BCUT2D eigenvalue weighted by Gasteiger charge is -2.36. The molecule has 1 atom stereocenters. The topological polar surface area (TPSA) is 65.5 Å². The monoisotopic (exact) mass is 512 g/mol. The second-order valence-corrected chi connectivity index (χ2v) is 9.91. The summed E-state index contributed by atoms with van der Waals surface area (Å²) in [5.41, 5.74) is 3.55. The van der Waals surface area contributed by atoms with Crippen LogP contribution in [0.15, 0.2) is 85.2 Å². The molecule has 0 radical (unpaired) electrons. The van der Waals surface area contributed by atoms with Gasteiger partial charge in [0.2, 0.25) is 5.91 Å². The Morgan fingerprint density at radius 2 is 1.73 bits per heavy atom. The van der Waals surface area contributed by atoms with Crippen molar-refractivity contribution in [3.05, 3.63) is 101 Å². The number of fused-ring (bicyclic) bond motifs is 1. The van der Waals surface area contributed by atoms with Crippen molar-refractivity contribution in [1.82, 2.24) is 9.88 Å². The Morgan fingerprint density at radius 3 is 2.49 bits per heavy atom. The second-order valence-electron chi connectivity index (χ2n) is 9.47. The predicted octanol–water partition coefficient (Wildman–Crippen LogP) is 5.98. The summed E-state index contributed by atoms with van der Waals surface area (Å²) < 4.78 is 0. The summed E-state index contributed by atoms with van der Waals surface area (Å²) in [5.74, 6) is 0.0166. The number of halogens is 1. The van der Waals surface area contributed by atoms with Gasteiger partial charge in [0.1, 0.15) is 0 Å². The molecule has 1 fully saturated rings. The quantitative estimate of drug-likeness (QED) is 0.345. The summed E-state index contributed by atoms with van der Waals surface area (Å²) in [6, 6.07) is 23.2. The van der Waals surface area contributed by atoms with Crippen LogP contribution in [0, 0.1) is 0 Å². The molecule has 1 saturated heterocycles. The minimum atomic E-state index is -0.0429. The van der Waals surface area contributed by atoms with E-state index in [1.54, 1.807) is 12.4 Å². The van der Waals surface area contributed by atoms with Crippen molar-refractivity contribution in [3.63, 3.8) is 0 Å². The number of aromatic nitrogens is 1. The minimum absolute atomic E-state index is 0.0232. The lowest BCUT2D eigenvalue weighted by molar-refractivity contribution is -0.116. The number of carbonyl (C=O) groups is 2. The Hall–Kier alpha value is -3.90. The molecular weight excluding hydrogens is 484 g/mol. The molecule has 5 rings (SSSR count).